The Labute approximate surface area is 135 Å². The summed E-state index contributed by atoms with van der Waals surface area (Å²) in [5, 5.41) is 12.8. The third kappa shape index (κ3) is 4.22. The van der Waals surface area contributed by atoms with Gasteiger partial charge in [-0.3, -0.25) is 4.79 Å². The van der Waals surface area contributed by atoms with Crippen molar-refractivity contribution in [2.45, 2.75) is 38.6 Å². The number of carboxylic acids is 1. The van der Waals surface area contributed by atoms with Crippen LogP contribution in [0.25, 0.3) is 10.9 Å². The maximum atomic E-state index is 12.0. The van der Waals surface area contributed by atoms with Gasteiger partial charge in [-0.15, -0.1) is 6.58 Å². The molecule has 1 amide bonds. The fraction of sp³-hybridized carbons (Fsp3) is 0.333. The van der Waals surface area contributed by atoms with Crippen molar-refractivity contribution in [3.05, 3.63) is 48.2 Å². The van der Waals surface area contributed by atoms with Crippen LogP contribution in [0.2, 0.25) is 0 Å². The maximum absolute atomic E-state index is 12.0. The van der Waals surface area contributed by atoms with Gasteiger partial charge < -0.3 is 15.4 Å². The number of benzene rings is 1. The molecule has 0 aliphatic carbocycles. The second-order valence-electron chi connectivity index (χ2n) is 5.64. The Morgan fingerprint density at radius 1 is 1.43 bits per heavy atom. The van der Waals surface area contributed by atoms with Crippen LogP contribution in [0.4, 0.5) is 0 Å². The minimum absolute atomic E-state index is 0.247. The van der Waals surface area contributed by atoms with E-state index in [9.17, 15) is 9.59 Å². The van der Waals surface area contributed by atoms with Gasteiger partial charge in [0.15, 0.2) is 0 Å². The number of aryl methyl sites for hydroxylation is 2. The molecule has 0 bridgehead atoms. The molecule has 0 aliphatic heterocycles. The van der Waals surface area contributed by atoms with Crippen molar-refractivity contribution >= 4 is 22.8 Å². The number of H-pyrrole nitrogens is 1. The zero-order valence-electron chi connectivity index (χ0n) is 13.3. The lowest BCUT2D eigenvalue weighted by atomic mass is 10.1. The van der Waals surface area contributed by atoms with Gasteiger partial charge in [-0.1, -0.05) is 24.3 Å². The average molecular weight is 314 g/mol. The maximum Gasteiger partial charge on any atom is 0.326 e. The molecule has 0 fully saturated rings. The number of carbonyl (C=O) groups excluding carboxylic acids is 1. The van der Waals surface area contributed by atoms with Gasteiger partial charge in [0.05, 0.1) is 0 Å². The standard InChI is InChI=1S/C18H22N2O3/c1-3-4-8-15(18(22)23)20-16(21)10-9-13-11-19-17-12(2)6-5-7-14(13)17/h3,5-7,11,15,19H,1,4,8-10H2,2H3,(H,20,21)(H,22,23). The summed E-state index contributed by atoms with van der Waals surface area (Å²) in [6, 6.07) is 5.19. The van der Waals surface area contributed by atoms with Crippen molar-refractivity contribution < 1.29 is 14.7 Å². The molecule has 1 aromatic carbocycles. The number of hydrogen-bond donors (Lipinski definition) is 3. The lowest BCUT2D eigenvalue weighted by molar-refractivity contribution is -0.142. The van der Waals surface area contributed by atoms with Crippen LogP contribution in [-0.4, -0.2) is 28.0 Å². The van der Waals surface area contributed by atoms with Gasteiger partial charge in [0.2, 0.25) is 5.91 Å². The average Bonchev–Trinajstić information content (AvgIpc) is 2.93. The Hall–Kier alpha value is -2.56. The van der Waals surface area contributed by atoms with E-state index in [-0.39, 0.29) is 12.3 Å². The minimum Gasteiger partial charge on any atom is -0.480 e. The van der Waals surface area contributed by atoms with Crippen LogP contribution in [0.3, 0.4) is 0 Å². The van der Waals surface area contributed by atoms with E-state index in [2.05, 4.69) is 16.9 Å². The first-order valence-corrected chi connectivity index (χ1v) is 7.71. The number of aromatic amines is 1. The molecule has 5 nitrogen and oxygen atoms in total. The zero-order chi connectivity index (χ0) is 16.8. The SMILES string of the molecule is C=CCCC(NC(=O)CCc1c[nH]c2c(C)cccc12)C(=O)O. The molecule has 5 heteroatoms. The van der Waals surface area contributed by atoms with Crippen LogP contribution in [0, 0.1) is 6.92 Å². The third-order valence-electron chi connectivity index (χ3n) is 3.92. The summed E-state index contributed by atoms with van der Waals surface area (Å²) < 4.78 is 0. The largest absolute Gasteiger partial charge is 0.480 e. The summed E-state index contributed by atoms with van der Waals surface area (Å²) in [5.41, 5.74) is 3.31. The van der Waals surface area contributed by atoms with Gasteiger partial charge in [0.25, 0.3) is 0 Å². The number of hydrogen-bond acceptors (Lipinski definition) is 2. The summed E-state index contributed by atoms with van der Waals surface area (Å²) in [5.74, 6) is -1.26. The number of carboxylic acid groups (broad SMARTS) is 1. The van der Waals surface area contributed by atoms with Crippen molar-refractivity contribution in [2.75, 3.05) is 0 Å². The summed E-state index contributed by atoms with van der Waals surface area (Å²) in [6.07, 6.45) is 5.31. The van der Waals surface area contributed by atoms with Crippen molar-refractivity contribution in [1.29, 1.82) is 0 Å². The number of para-hydroxylation sites is 1. The molecule has 0 saturated heterocycles. The van der Waals surface area contributed by atoms with Gasteiger partial charge >= 0.3 is 5.97 Å². The van der Waals surface area contributed by atoms with Gasteiger partial charge in [-0.2, -0.15) is 0 Å². The summed E-state index contributed by atoms with van der Waals surface area (Å²) >= 11 is 0. The molecule has 2 rings (SSSR count). The fourth-order valence-electron chi connectivity index (χ4n) is 2.63. The fourth-order valence-corrected chi connectivity index (χ4v) is 2.63. The van der Waals surface area contributed by atoms with Crippen LogP contribution >= 0.6 is 0 Å². The lowest BCUT2D eigenvalue weighted by Crippen LogP contribution is -2.40. The highest BCUT2D eigenvalue weighted by Crippen LogP contribution is 2.22. The Morgan fingerprint density at radius 2 is 2.22 bits per heavy atom. The number of carbonyl (C=O) groups is 2. The van der Waals surface area contributed by atoms with E-state index in [0.29, 0.717) is 19.3 Å². The Balaban J connectivity index is 1.96. The lowest BCUT2D eigenvalue weighted by Gasteiger charge is -2.13. The zero-order valence-corrected chi connectivity index (χ0v) is 13.3. The molecule has 0 spiro atoms. The molecule has 1 atom stereocenters. The van der Waals surface area contributed by atoms with Crippen molar-refractivity contribution in [2.24, 2.45) is 0 Å². The molecule has 122 valence electrons. The number of allylic oxidation sites excluding steroid dienone is 1. The number of aromatic nitrogens is 1. The summed E-state index contributed by atoms with van der Waals surface area (Å²) in [4.78, 5) is 26.4. The van der Waals surface area contributed by atoms with Gasteiger partial charge in [0.1, 0.15) is 6.04 Å². The number of fused-ring (bicyclic) bond motifs is 1. The Bertz CT molecular complexity index is 718. The van der Waals surface area contributed by atoms with Crippen molar-refractivity contribution in [1.82, 2.24) is 10.3 Å². The highest BCUT2D eigenvalue weighted by Gasteiger charge is 2.19. The van der Waals surface area contributed by atoms with Crippen LogP contribution in [0.15, 0.2) is 37.1 Å². The monoisotopic (exact) mass is 314 g/mol. The van der Waals surface area contributed by atoms with Crippen molar-refractivity contribution in [3.63, 3.8) is 0 Å². The molecule has 3 N–H and O–H groups in total. The normalized spacial score (nSPS) is 12.0. The molecule has 23 heavy (non-hydrogen) atoms. The van der Waals surface area contributed by atoms with E-state index < -0.39 is 12.0 Å². The second kappa shape index (κ2) is 7.63. The van der Waals surface area contributed by atoms with Gasteiger partial charge in [0, 0.05) is 23.5 Å². The number of amides is 1. The first kappa shape index (κ1) is 16.8. The number of aliphatic carboxylic acids is 1. The summed E-state index contributed by atoms with van der Waals surface area (Å²) in [6.45, 7) is 5.60. The molecule has 1 aromatic heterocycles. The predicted octanol–water partition coefficient (Wildman–Crippen LogP) is 2.94. The highest BCUT2D eigenvalue weighted by molar-refractivity contribution is 5.87. The Kier molecular flexibility index (Phi) is 5.57. The first-order valence-electron chi connectivity index (χ1n) is 7.71. The van der Waals surface area contributed by atoms with E-state index in [4.69, 9.17) is 5.11 Å². The van der Waals surface area contributed by atoms with Gasteiger partial charge in [-0.25, -0.2) is 4.79 Å². The molecule has 1 heterocycles. The van der Waals surface area contributed by atoms with E-state index in [1.54, 1.807) is 6.08 Å². The molecular formula is C18H22N2O3. The molecule has 0 radical (unpaired) electrons. The summed E-state index contributed by atoms with van der Waals surface area (Å²) in [7, 11) is 0. The molecule has 2 aromatic rings. The highest BCUT2D eigenvalue weighted by atomic mass is 16.4. The van der Waals surface area contributed by atoms with Crippen LogP contribution in [-0.2, 0) is 16.0 Å². The third-order valence-corrected chi connectivity index (χ3v) is 3.92. The van der Waals surface area contributed by atoms with E-state index in [0.717, 1.165) is 22.0 Å². The predicted molar refractivity (Wildman–Crippen MR) is 90.4 cm³/mol. The van der Waals surface area contributed by atoms with Crippen LogP contribution in [0.1, 0.15) is 30.4 Å². The van der Waals surface area contributed by atoms with E-state index >= 15 is 0 Å². The quantitative estimate of drug-likeness (QED) is 0.655. The topological polar surface area (TPSA) is 82.2 Å². The Morgan fingerprint density at radius 3 is 2.91 bits per heavy atom. The van der Waals surface area contributed by atoms with E-state index in [1.165, 1.54) is 0 Å². The molecule has 1 unspecified atom stereocenters. The molecule has 0 aliphatic rings. The molecular weight excluding hydrogens is 292 g/mol. The van der Waals surface area contributed by atoms with E-state index in [1.807, 2.05) is 31.3 Å². The first-order chi connectivity index (χ1) is 11.0. The molecule has 0 saturated carbocycles. The number of nitrogens with one attached hydrogen (secondary N) is 2. The second-order valence-corrected chi connectivity index (χ2v) is 5.64. The van der Waals surface area contributed by atoms with Crippen LogP contribution in [0.5, 0.6) is 0 Å². The van der Waals surface area contributed by atoms with Crippen molar-refractivity contribution in [3.8, 4) is 0 Å². The van der Waals surface area contributed by atoms with Crippen LogP contribution < -0.4 is 5.32 Å². The van der Waals surface area contributed by atoms with Gasteiger partial charge in [-0.05, 0) is 37.3 Å². The number of rotatable bonds is 8. The smallest absolute Gasteiger partial charge is 0.326 e. The minimum atomic E-state index is -1.01.